The molecule has 5 rings (SSSR count). The van der Waals surface area contributed by atoms with Crippen molar-refractivity contribution in [1.29, 1.82) is 0 Å². The molecule has 0 aliphatic heterocycles. The lowest BCUT2D eigenvalue weighted by Gasteiger charge is -2.06. The van der Waals surface area contributed by atoms with E-state index < -0.39 is 0 Å². The Labute approximate surface area is 186 Å². The molecule has 0 radical (unpaired) electrons. The van der Waals surface area contributed by atoms with Crippen molar-refractivity contribution in [1.82, 2.24) is 15.3 Å². The number of H-pyrrole nitrogens is 1. The molecule has 2 heterocycles. The molecule has 32 heavy (non-hydrogen) atoms. The van der Waals surface area contributed by atoms with E-state index in [0.29, 0.717) is 12.1 Å². The Balaban J connectivity index is 1.39. The Morgan fingerprint density at radius 1 is 0.906 bits per heavy atom. The number of carbonyl (C=O) groups excluding carboxylic acids is 1. The molecule has 0 saturated carbocycles. The topological polar surface area (TPSA) is 57.8 Å². The van der Waals surface area contributed by atoms with E-state index in [-0.39, 0.29) is 5.91 Å². The third-order valence-electron chi connectivity index (χ3n) is 5.58. The summed E-state index contributed by atoms with van der Waals surface area (Å²) in [5.74, 6) is -0.0451. The van der Waals surface area contributed by atoms with Crippen molar-refractivity contribution >= 4 is 40.0 Å². The second-order valence-electron chi connectivity index (χ2n) is 7.74. The first-order valence-electron chi connectivity index (χ1n) is 10.7. The van der Waals surface area contributed by atoms with E-state index in [4.69, 9.17) is 0 Å². The monoisotopic (exact) mass is 417 g/mol. The van der Waals surface area contributed by atoms with Crippen LogP contribution in [-0.4, -0.2) is 22.4 Å². The summed E-state index contributed by atoms with van der Waals surface area (Å²) < 4.78 is 0. The van der Waals surface area contributed by atoms with E-state index in [1.165, 1.54) is 5.56 Å². The van der Waals surface area contributed by atoms with Crippen molar-refractivity contribution in [2.75, 3.05) is 6.54 Å². The minimum atomic E-state index is -0.0451. The zero-order valence-electron chi connectivity index (χ0n) is 17.6. The number of fused-ring (bicyclic) bond motifs is 3. The summed E-state index contributed by atoms with van der Waals surface area (Å²) >= 11 is 0. The van der Waals surface area contributed by atoms with Crippen LogP contribution in [-0.2, 0) is 6.42 Å². The van der Waals surface area contributed by atoms with Gasteiger partial charge in [0, 0.05) is 34.6 Å². The van der Waals surface area contributed by atoms with Crippen LogP contribution in [0.2, 0.25) is 0 Å². The van der Waals surface area contributed by atoms with Crippen molar-refractivity contribution in [3.05, 3.63) is 113 Å². The first-order chi connectivity index (χ1) is 15.8. The predicted octanol–water partition coefficient (Wildman–Crippen LogP) is 5.86. The smallest absolute Gasteiger partial charge is 0.251 e. The number of hydrogen-bond acceptors (Lipinski definition) is 2. The number of nitrogens with one attached hydrogen (secondary N) is 2. The SMILES string of the molecule is O=C(NCCc1ccc2[nH]c3nccc(C=Cc4ccccc4)c3c2c1)c1ccccc1. The van der Waals surface area contributed by atoms with Crippen LogP contribution in [0.1, 0.15) is 27.0 Å². The molecule has 4 nitrogen and oxygen atoms in total. The minimum absolute atomic E-state index is 0.0451. The van der Waals surface area contributed by atoms with Gasteiger partial charge in [0.05, 0.1) is 0 Å². The summed E-state index contributed by atoms with van der Waals surface area (Å²) in [6.07, 6.45) is 6.86. The van der Waals surface area contributed by atoms with E-state index in [9.17, 15) is 4.79 Å². The van der Waals surface area contributed by atoms with Gasteiger partial charge in [0.15, 0.2) is 0 Å². The molecule has 1 amide bonds. The quantitative estimate of drug-likeness (QED) is 0.364. The van der Waals surface area contributed by atoms with Gasteiger partial charge in [-0.3, -0.25) is 4.79 Å². The van der Waals surface area contributed by atoms with Crippen LogP contribution in [0.3, 0.4) is 0 Å². The van der Waals surface area contributed by atoms with Gasteiger partial charge in [-0.05, 0) is 53.4 Å². The number of amides is 1. The van der Waals surface area contributed by atoms with Crippen molar-refractivity contribution in [2.45, 2.75) is 6.42 Å². The molecule has 0 aliphatic carbocycles. The standard InChI is InChI=1S/C28H23N3O/c32-28(23-9-5-2-6-10-23)30-17-15-21-12-14-25-24(19-21)26-22(16-18-29-27(26)31-25)13-11-20-7-3-1-4-8-20/h1-14,16,18-19H,15,17H2,(H,29,31)(H,30,32). The molecule has 156 valence electrons. The zero-order valence-corrected chi connectivity index (χ0v) is 17.6. The molecule has 2 aromatic heterocycles. The van der Waals surface area contributed by atoms with Crippen LogP contribution in [0.4, 0.5) is 0 Å². The molecular formula is C28H23N3O. The van der Waals surface area contributed by atoms with Crippen LogP contribution in [0.5, 0.6) is 0 Å². The molecule has 0 bridgehead atoms. The van der Waals surface area contributed by atoms with Gasteiger partial charge in [0.1, 0.15) is 5.65 Å². The van der Waals surface area contributed by atoms with Gasteiger partial charge in [-0.2, -0.15) is 0 Å². The van der Waals surface area contributed by atoms with E-state index in [1.807, 2.05) is 60.8 Å². The number of hydrogen-bond donors (Lipinski definition) is 2. The summed E-state index contributed by atoms with van der Waals surface area (Å²) in [5, 5.41) is 5.27. The molecule has 0 atom stereocenters. The molecule has 0 fully saturated rings. The normalized spacial score (nSPS) is 11.4. The fourth-order valence-electron chi connectivity index (χ4n) is 3.95. The van der Waals surface area contributed by atoms with E-state index in [2.05, 4.69) is 57.8 Å². The number of aromatic amines is 1. The van der Waals surface area contributed by atoms with E-state index >= 15 is 0 Å². The van der Waals surface area contributed by atoms with Crippen molar-refractivity contribution in [3.63, 3.8) is 0 Å². The van der Waals surface area contributed by atoms with Crippen molar-refractivity contribution in [2.24, 2.45) is 0 Å². The van der Waals surface area contributed by atoms with Crippen LogP contribution in [0.25, 0.3) is 34.1 Å². The summed E-state index contributed by atoms with van der Waals surface area (Å²) in [7, 11) is 0. The predicted molar refractivity (Wildman–Crippen MR) is 131 cm³/mol. The average Bonchev–Trinajstić information content (AvgIpc) is 3.22. The Hall–Kier alpha value is -4.18. The Morgan fingerprint density at radius 3 is 2.50 bits per heavy atom. The molecule has 0 unspecified atom stereocenters. The maximum Gasteiger partial charge on any atom is 0.251 e. The maximum atomic E-state index is 12.3. The average molecular weight is 418 g/mol. The van der Waals surface area contributed by atoms with Gasteiger partial charge >= 0.3 is 0 Å². The Bertz CT molecular complexity index is 1400. The molecule has 0 saturated heterocycles. The lowest BCUT2D eigenvalue weighted by atomic mass is 10.0. The summed E-state index contributed by atoms with van der Waals surface area (Å²) in [4.78, 5) is 20.2. The van der Waals surface area contributed by atoms with Gasteiger partial charge < -0.3 is 10.3 Å². The molecule has 2 N–H and O–H groups in total. The zero-order chi connectivity index (χ0) is 21.8. The number of rotatable bonds is 6. The van der Waals surface area contributed by atoms with Crippen LogP contribution in [0, 0.1) is 0 Å². The highest BCUT2D eigenvalue weighted by Crippen LogP contribution is 2.29. The second-order valence-corrected chi connectivity index (χ2v) is 7.74. The summed E-state index contributed by atoms with van der Waals surface area (Å²) in [5.41, 5.74) is 6.08. The van der Waals surface area contributed by atoms with Gasteiger partial charge in [-0.15, -0.1) is 0 Å². The second kappa shape index (κ2) is 8.90. The lowest BCUT2D eigenvalue weighted by Crippen LogP contribution is -2.25. The van der Waals surface area contributed by atoms with Crippen molar-refractivity contribution < 1.29 is 4.79 Å². The maximum absolute atomic E-state index is 12.3. The highest BCUT2D eigenvalue weighted by atomic mass is 16.1. The summed E-state index contributed by atoms with van der Waals surface area (Å²) in [6, 6.07) is 28.0. The number of pyridine rings is 1. The van der Waals surface area contributed by atoms with Gasteiger partial charge in [0.2, 0.25) is 0 Å². The third kappa shape index (κ3) is 4.16. The third-order valence-corrected chi connectivity index (χ3v) is 5.58. The molecule has 5 aromatic rings. The fraction of sp³-hybridized carbons (Fsp3) is 0.0714. The highest BCUT2D eigenvalue weighted by Gasteiger charge is 2.10. The molecule has 0 spiro atoms. The van der Waals surface area contributed by atoms with Crippen LogP contribution < -0.4 is 5.32 Å². The fourth-order valence-corrected chi connectivity index (χ4v) is 3.95. The number of aromatic nitrogens is 2. The minimum Gasteiger partial charge on any atom is -0.352 e. The highest BCUT2D eigenvalue weighted by molar-refractivity contribution is 6.10. The van der Waals surface area contributed by atoms with Gasteiger partial charge in [-0.25, -0.2) is 4.98 Å². The first kappa shape index (κ1) is 19.8. The van der Waals surface area contributed by atoms with Crippen LogP contribution in [0.15, 0.2) is 91.1 Å². The molecule has 0 aliphatic rings. The van der Waals surface area contributed by atoms with Crippen molar-refractivity contribution in [3.8, 4) is 0 Å². The molecule has 3 aromatic carbocycles. The van der Waals surface area contributed by atoms with Crippen LogP contribution >= 0.6 is 0 Å². The number of nitrogens with zero attached hydrogens (tertiary/aromatic N) is 1. The first-order valence-corrected chi connectivity index (χ1v) is 10.7. The Kier molecular flexibility index (Phi) is 5.50. The Morgan fingerprint density at radius 2 is 1.69 bits per heavy atom. The number of benzene rings is 3. The van der Waals surface area contributed by atoms with E-state index in [0.717, 1.165) is 39.5 Å². The molecular weight excluding hydrogens is 394 g/mol. The van der Waals surface area contributed by atoms with Gasteiger partial charge in [-0.1, -0.05) is 66.7 Å². The largest absolute Gasteiger partial charge is 0.352 e. The van der Waals surface area contributed by atoms with E-state index in [1.54, 1.807) is 0 Å². The summed E-state index contributed by atoms with van der Waals surface area (Å²) in [6.45, 7) is 0.584. The molecule has 4 heteroatoms. The lowest BCUT2D eigenvalue weighted by molar-refractivity contribution is 0.0954. The number of carbonyl (C=O) groups is 1. The van der Waals surface area contributed by atoms with Gasteiger partial charge in [0.25, 0.3) is 5.91 Å².